The van der Waals surface area contributed by atoms with Crippen LogP contribution in [-0.4, -0.2) is 15.8 Å². The molecule has 2 rings (SSSR count). The van der Waals surface area contributed by atoms with Crippen LogP contribution in [0, 0.1) is 5.82 Å². The van der Waals surface area contributed by atoms with Crippen molar-refractivity contribution in [2.24, 2.45) is 0 Å². The average Bonchev–Trinajstić information content (AvgIpc) is 2.69. The van der Waals surface area contributed by atoms with Gasteiger partial charge in [0.15, 0.2) is 12.1 Å². The van der Waals surface area contributed by atoms with E-state index in [4.69, 9.17) is 11.6 Å². The van der Waals surface area contributed by atoms with E-state index in [2.05, 4.69) is 4.98 Å². The van der Waals surface area contributed by atoms with Gasteiger partial charge in [-0.2, -0.15) is 0 Å². The first-order valence-electron chi connectivity index (χ1n) is 4.61. The summed E-state index contributed by atoms with van der Waals surface area (Å²) in [4.78, 5) is 14.4. The van der Waals surface area contributed by atoms with Gasteiger partial charge in [-0.15, -0.1) is 0 Å². The quantitative estimate of drug-likeness (QED) is 0.771. The molecule has 2 aromatic rings. The minimum atomic E-state index is -0.391. The molecule has 5 heteroatoms. The lowest BCUT2D eigenvalue weighted by molar-refractivity contribution is 0.111. The molecule has 0 spiro atoms. The smallest absolute Gasteiger partial charge is 0.185 e. The van der Waals surface area contributed by atoms with Gasteiger partial charge in [0, 0.05) is 23.0 Å². The average molecular weight is 239 g/mol. The van der Waals surface area contributed by atoms with Crippen LogP contribution in [-0.2, 0) is 6.54 Å². The fraction of sp³-hybridized carbons (Fsp3) is 0.0909. The van der Waals surface area contributed by atoms with Crippen molar-refractivity contribution in [3.8, 4) is 0 Å². The van der Waals surface area contributed by atoms with Crippen LogP contribution >= 0.6 is 11.6 Å². The van der Waals surface area contributed by atoms with E-state index >= 15 is 0 Å². The van der Waals surface area contributed by atoms with Crippen LogP contribution in [0.1, 0.15) is 16.2 Å². The van der Waals surface area contributed by atoms with Gasteiger partial charge in [-0.1, -0.05) is 17.7 Å². The molecule has 1 aromatic carbocycles. The molecule has 0 aliphatic carbocycles. The highest BCUT2D eigenvalue weighted by molar-refractivity contribution is 6.30. The molecule has 0 radical (unpaired) electrons. The maximum atomic E-state index is 13.5. The second-order valence-electron chi connectivity index (χ2n) is 3.27. The van der Waals surface area contributed by atoms with E-state index < -0.39 is 5.82 Å². The van der Waals surface area contributed by atoms with Crippen LogP contribution in [0.25, 0.3) is 0 Å². The van der Waals surface area contributed by atoms with E-state index in [9.17, 15) is 9.18 Å². The Bertz CT molecular complexity index is 524. The van der Waals surface area contributed by atoms with Crippen LogP contribution in [0.4, 0.5) is 4.39 Å². The summed E-state index contributed by atoms with van der Waals surface area (Å²) < 4.78 is 15.0. The Morgan fingerprint density at radius 2 is 2.31 bits per heavy atom. The lowest BCUT2D eigenvalue weighted by atomic mass is 10.2. The third-order valence-electron chi connectivity index (χ3n) is 2.21. The zero-order valence-corrected chi connectivity index (χ0v) is 8.99. The van der Waals surface area contributed by atoms with Crippen molar-refractivity contribution in [1.29, 1.82) is 0 Å². The molecule has 0 amide bonds. The maximum Gasteiger partial charge on any atom is 0.185 e. The summed E-state index contributed by atoms with van der Waals surface area (Å²) in [6, 6.07) is 4.44. The number of aldehydes is 1. The molecule has 0 saturated heterocycles. The number of carbonyl (C=O) groups excluding carboxylic acids is 1. The number of imidazole rings is 1. The molecule has 16 heavy (non-hydrogen) atoms. The van der Waals surface area contributed by atoms with Crippen molar-refractivity contribution < 1.29 is 9.18 Å². The summed E-state index contributed by atoms with van der Waals surface area (Å²) >= 11 is 5.64. The zero-order valence-electron chi connectivity index (χ0n) is 8.23. The standard InChI is InChI=1S/C11H8ClFN2O/c12-9-2-1-8(10(13)5-9)6-15-4-3-14-11(15)7-16/h1-5,7H,6H2. The summed E-state index contributed by atoms with van der Waals surface area (Å²) in [6.07, 6.45) is 3.75. The number of rotatable bonds is 3. The fourth-order valence-electron chi connectivity index (χ4n) is 1.41. The zero-order chi connectivity index (χ0) is 11.5. The SMILES string of the molecule is O=Cc1nccn1Cc1ccc(Cl)cc1F. The van der Waals surface area contributed by atoms with Crippen molar-refractivity contribution in [3.05, 3.63) is 52.8 Å². The van der Waals surface area contributed by atoms with Gasteiger partial charge < -0.3 is 4.57 Å². The summed E-state index contributed by atoms with van der Waals surface area (Å²) in [6.45, 7) is 0.261. The molecule has 3 nitrogen and oxygen atoms in total. The summed E-state index contributed by atoms with van der Waals surface area (Å²) in [5, 5.41) is 0.350. The highest BCUT2D eigenvalue weighted by Gasteiger charge is 2.06. The predicted octanol–water partition coefficient (Wildman–Crippen LogP) is 2.54. The van der Waals surface area contributed by atoms with Gasteiger partial charge in [0.25, 0.3) is 0 Å². The van der Waals surface area contributed by atoms with Gasteiger partial charge in [0.05, 0.1) is 6.54 Å². The van der Waals surface area contributed by atoms with Gasteiger partial charge in [0.1, 0.15) is 5.82 Å². The minimum absolute atomic E-state index is 0.261. The number of nitrogens with zero attached hydrogens (tertiary/aromatic N) is 2. The van der Waals surface area contributed by atoms with Crippen molar-refractivity contribution in [2.75, 3.05) is 0 Å². The molecule has 82 valence electrons. The molecular formula is C11H8ClFN2O. The Labute approximate surface area is 96.5 Å². The first-order chi connectivity index (χ1) is 7.70. The number of halogens is 2. The van der Waals surface area contributed by atoms with Gasteiger partial charge >= 0.3 is 0 Å². The Morgan fingerprint density at radius 3 is 3.00 bits per heavy atom. The summed E-state index contributed by atoms with van der Waals surface area (Å²) in [5.41, 5.74) is 0.463. The van der Waals surface area contributed by atoms with Gasteiger partial charge in [-0.05, 0) is 12.1 Å². The molecule has 1 heterocycles. The molecule has 0 aliphatic heterocycles. The molecule has 0 atom stereocenters. The Morgan fingerprint density at radius 1 is 1.50 bits per heavy atom. The van der Waals surface area contributed by atoms with Crippen molar-refractivity contribution in [1.82, 2.24) is 9.55 Å². The summed E-state index contributed by atoms with van der Waals surface area (Å²) in [7, 11) is 0. The second-order valence-corrected chi connectivity index (χ2v) is 3.70. The number of hydrogen-bond acceptors (Lipinski definition) is 2. The fourth-order valence-corrected chi connectivity index (χ4v) is 1.56. The van der Waals surface area contributed by atoms with E-state index in [1.165, 1.54) is 12.3 Å². The molecule has 0 saturated carbocycles. The number of hydrogen-bond donors (Lipinski definition) is 0. The van der Waals surface area contributed by atoms with Crippen LogP contribution in [0.3, 0.4) is 0 Å². The van der Waals surface area contributed by atoms with Crippen LogP contribution in [0.5, 0.6) is 0 Å². The Balaban J connectivity index is 2.30. The lowest BCUT2D eigenvalue weighted by Gasteiger charge is -2.05. The van der Waals surface area contributed by atoms with Gasteiger partial charge in [0.2, 0.25) is 0 Å². The number of aromatic nitrogens is 2. The van der Waals surface area contributed by atoms with Crippen LogP contribution in [0.2, 0.25) is 5.02 Å². The van der Waals surface area contributed by atoms with Crippen LogP contribution < -0.4 is 0 Å². The molecule has 0 unspecified atom stereocenters. The van der Waals surface area contributed by atoms with Gasteiger partial charge in [-0.3, -0.25) is 4.79 Å². The highest BCUT2D eigenvalue weighted by Crippen LogP contribution is 2.15. The highest BCUT2D eigenvalue weighted by atomic mass is 35.5. The topological polar surface area (TPSA) is 34.9 Å². The number of benzene rings is 1. The molecule has 0 bridgehead atoms. The number of carbonyl (C=O) groups is 1. The summed E-state index contributed by atoms with van der Waals surface area (Å²) in [5.74, 6) is -0.118. The second kappa shape index (κ2) is 4.45. The minimum Gasteiger partial charge on any atom is -0.324 e. The molecule has 1 aromatic heterocycles. The third-order valence-corrected chi connectivity index (χ3v) is 2.44. The van der Waals surface area contributed by atoms with Crippen molar-refractivity contribution >= 4 is 17.9 Å². The Kier molecular flexibility index (Phi) is 3.01. The van der Waals surface area contributed by atoms with Crippen molar-refractivity contribution in [3.63, 3.8) is 0 Å². The predicted molar refractivity (Wildman–Crippen MR) is 58.1 cm³/mol. The molecule has 0 fully saturated rings. The lowest BCUT2D eigenvalue weighted by Crippen LogP contribution is -2.04. The third kappa shape index (κ3) is 2.12. The first-order valence-corrected chi connectivity index (χ1v) is 4.99. The normalized spacial score (nSPS) is 10.4. The molecule has 0 aliphatic rings. The maximum absolute atomic E-state index is 13.5. The first kappa shape index (κ1) is 10.8. The van der Waals surface area contributed by atoms with Crippen LogP contribution in [0.15, 0.2) is 30.6 Å². The van der Waals surface area contributed by atoms with Crippen molar-refractivity contribution in [2.45, 2.75) is 6.54 Å². The van der Waals surface area contributed by atoms with Gasteiger partial charge in [-0.25, -0.2) is 9.37 Å². The van der Waals surface area contributed by atoms with E-state index in [0.717, 1.165) is 0 Å². The van der Waals surface area contributed by atoms with E-state index in [1.54, 1.807) is 22.9 Å². The monoisotopic (exact) mass is 238 g/mol. The largest absolute Gasteiger partial charge is 0.324 e. The Hall–Kier alpha value is -1.68. The molecular weight excluding hydrogens is 231 g/mol. The van der Waals surface area contributed by atoms with E-state index in [1.807, 2.05) is 0 Å². The van der Waals surface area contributed by atoms with E-state index in [-0.39, 0.29) is 12.4 Å². The molecule has 0 N–H and O–H groups in total. The van der Waals surface area contributed by atoms with E-state index in [0.29, 0.717) is 16.9 Å².